The molecule has 0 radical (unpaired) electrons. The van der Waals surface area contributed by atoms with Gasteiger partial charge in [-0.05, 0) is 54.3 Å². The molecule has 0 atom stereocenters. The standard InChI is InChI=1S/C20H19N3O3S2/c1-27-16-8-10-17(11-9-16)28(25,26)23-19-7-3-2-6-18(19)20(24)22-14-15-5-4-12-21-13-15/h2-13,23H,14H2,1H3,(H,22,24). The smallest absolute Gasteiger partial charge is 0.261 e. The topological polar surface area (TPSA) is 88.2 Å². The molecule has 0 aliphatic carbocycles. The maximum Gasteiger partial charge on any atom is 0.261 e. The summed E-state index contributed by atoms with van der Waals surface area (Å²) in [5.74, 6) is -0.375. The molecular formula is C20H19N3O3S2. The van der Waals surface area contributed by atoms with Crippen LogP contribution in [0.2, 0.25) is 0 Å². The van der Waals surface area contributed by atoms with Crippen molar-refractivity contribution in [3.8, 4) is 0 Å². The third-order valence-corrected chi connectivity index (χ3v) is 6.09. The van der Waals surface area contributed by atoms with E-state index in [4.69, 9.17) is 0 Å². The molecule has 1 amide bonds. The van der Waals surface area contributed by atoms with Crippen LogP contribution in [-0.4, -0.2) is 25.6 Å². The Morgan fingerprint density at radius 2 is 1.79 bits per heavy atom. The van der Waals surface area contributed by atoms with Crippen molar-refractivity contribution in [3.63, 3.8) is 0 Å². The van der Waals surface area contributed by atoms with Gasteiger partial charge in [0, 0.05) is 23.8 Å². The first kappa shape index (κ1) is 19.9. The van der Waals surface area contributed by atoms with Crippen molar-refractivity contribution >= 4 is 33.4 Å². The van der Waals surface area contributed by atoms with Crippen molar-refractivity contribution in [1.29, 1.82) is 0 Å². The van der Waals surface area contributed by atoms with E-state index in [9.17, 15) is 13.2 Å². The zero-order valence-corrected chi connectivity index (χ0v) is 16.8. The van der Waals surface area contributed by atoms with Crippen LogP contribution >= 0.6 is 11.8 Å². The summed E-state index contributed by atoms with van der Waals surface area (Å²) in [6.07, 6.45) is 5.23. The predicted molar refractivity (Wildman–Crippen MR) is 111 cm³/mol. The summed E-state index contributed by atoms with van der Waals surface area (Å²) in [5.41, 5.74) is 1.32. The second-order valence-corrected chi connectivity index (χ2v) is 8.43. The van der Waals surface area contributed by atoms with Gasteiger partial charge in [-0.25, -0.2) is 8.42 Å². The molecule has 0 aliphatic heterocycles. The monoisotopic (exact) mass is 413 g/mol. The molecule has 0 fully saturated rings. The highest BCUT2D eigenvalue weighted by atomic mass is 32.2. The van der Waals surface area contributed by atoms with Crippen molar-refractivity contribution in [1.82, 2.24) is 10.3 Å². The number of pyridine rings is 1. The van der Waals surface area contributed by atoms with Gasteiger partial charge in [-0.2, -0.15) is 0 Å². The van der Waals surface area contributed by atoms with E-state index in [-0.39, 0.29) is 22.1 Å². The van der Waals surface area contributed by atoms with Crippen LogP contribution in [0.5, 0.6) is 0 Å². The molecule has 144 valence electrons. The second-order valence-electron chi connectivity index (χ2n) is 5.87. The van der Waals surface area contributed by atoms with Crippen LogP contribution in [0, 0.1) is 0 Å². The number of sulfonamides is 1. The number of benzene rings is 2. The minimum atomic E-state index is -3.81. The van der Waals surface area contributed by atoms with E-state index < -0.39 is 10.0 Å². The van der Waals surface area contributed by atoms with Gasteiger partial charge in [0.15, 0.2) is 0 Å². The van der Waals surface area contributed by atoms with Gasteiger partial charge in [0.2, 0.25) is 0 Å². The largest absolute Gasteiger partial charge is 0.348 e. The summed E-state index contributed by atoms with van der Waals surface area (Å²) in [5, 5.41) is 2.78. The number of hydrogen-bond acceptors (Lipinski definition) is 5. The Hall–Kier alpha value is -2.84. The first-order chi connectivity index (χ1) is 13.5. The summed E-state index contributed by atoms with van der Waals surface area (Å²) < 4.78 is 27.9. The number of carbonyl (C=O) groups excluding carboxylic acids is 1. The molecule has 8 heteroatoms. The summed E-state index contributed by atoms with van der Waals surface area (Å²) in [6.45, 7) is 0.296. The van der Waals surface area contributed by atoms with E-state index in [1.54, 1.807) is 67.0 Å². The molecule has 0 bridgehead atoms. The molecule has 0 saturated carbocycles. The van der Waals surface area contributed by atoms with E-state index >= 15 is 0 Å². The number of thioether (sulfide) groups is 1. The highest BCUT2D eigenvalue weighted by Gasteiger charge is 2.18. The van der Waals surface area contributed by atoms with Crippen LogP contribution < -0.4 is 10.0 Å². The first-order valence-electron chi connectivity index (χ1n) is 8.42. The number of carbonyl (C=O) groups is 1. The molecule has 2 N–H and O–H groups in total. The summed E-state index contributed by atoms with van der Waals surface area (Å²) in [7, 11) is -3.81. The van der Waals surface area contributed by atoms with Crippen molar-refractivity contribution in [2.24, 2.45) is 0 Å². The lowest BCUT2D eigenvalue weighted by Crippen LogP contribution is -2.25. The molecular weight excluding hydrogens is 394 g/mol. The Morgan fingerprint density at radius 3 is 2.46 bits per heavy atom. The average molecular weight is 414 g/mol. The Bertz CT molecular complexity index is 1050. The molecule has 6 nitrogen and oxygen atoms in total. The summed E-state index contributed by atoms with van der Waals surface area (Å²) in [4.78, 5) is 17.7. The molecule has 3 rings (SSSR count). The van der Waals surface area contributed by atoms with Gasteiger partial charge < -0.3 is 5.32 Å². The van der Waals surface area contributed by atoms with Crippen molar-refractivity contribution in [2.45, 2.75) is 16.3 Å². The lowest BCUT2D eigenvalue weighted by molar-refractivity contribution is 0.0952. The number of amides is 1. The number of aromatic nitrogens is 1. The normalized spacial score (nSPS) is 11.0. The third kappa shape index (κ3) is 4.90. The molecule has 0 unspecified atom stereocenters. The number of para-hydroxylation sites is 1. The maximum atomic E-state index is 12.7. The van der Waals surface area contributed by atoms with Gasteiger partial charge >= 0.3 is 0 Å². The van der Waals surface area contributed by atoms with E-state index in [0.717, 1.165) is 10.5 Å². The summed E-state index contributed by atoms with van der Waals surface area (Å²) >= 11 is 1.53. The number of anilines is 1. The lowest BCUT2D eigenvalue weighted by atomic mass is 10.1. The van der Waals surface area contributed by atoms with Crippen LogP contribution in [0.3, 0.4) is 0 Å². The Labute approximate surface area is 168 Å². The highest BCUT2D eigenvalue weighted by molar-refractivity contribution is 7.98. The Kier molecular flexibility index (Phi) is 6.33. The van der Waals surface area contributed by atoms with Crippen LogP contribution in [0.25, 0.3) is 0 Å². The SMILES string of the molecule is CSc1ccc(S(=O)(=O)Nc2ccccc2C(=O)NCc2cccnc2)cc1. The van der Waals surface area contributed by atoms with Crippen molar-refractivity contribution in [2.75, 3.05) is 11.0 Å². The van der Waals surface area contributed by atoms with E-state index in [1.807, 2.05) is 12.3 Å². The van der Waals surface area contributed by atoms with Gasteiger partial charge in [-0.15, -0.1) is 11.8 Å². The average Bonchev–Trinajstić information content (AvgIpc) is 2.73. The van der Waals surface area contributed by atoms with E-state index in [2.05, 4.69) is 15.0 Å². The van der Waals surface area contributed by atoms with Gasteiger partial charge in [0.25, 0.3) is 15.9 Å². The second kappa shape index (κ2) is 8.90. The fourth-order valence-electron chi connectivity index (χ4n) is 2.51. The van der Waals surface area contributed by atoms with Crippen LogP contribution in [0.15, 0.2) is 82.8 Å². The van der Waals surface area contributed by atoms with Crippen molar-refractivity contribution < 1.29 is 13.2 Å². The number of hydrogen-bond donors (Lipinski definition) is 2. The van der Waals surface area contributed by atoms with Crippen molar-refractivity contribution in [3.05, 3.63) is 84.2 Å². The molecule has 0 aliphatic rings. The minimum Gasteiger partial charge on any atom is -0.348 e. The van der Waals surface area contributed by atoms with Gasteiger partial charge in [-0.1, -0.05) is 18.2 Å². The minimum absolute atomic E-state index is 0.135. The molecule has 2 aromatic carbocycles. The Balaban J connectivity index is 1.78. The van der Waals surface area contributed by atoms with E-state index in [0.29, 0.717) is 6.54 Å². The Morgan fingerprint density at radius 1 is 1.04 bits per heavy atom. The molecule has 1 aromatic heterocycles. The quantitative estimate of drug-likeness (QED) is 0.579. The zero-order chi connectivity index (χ0) is 20.0. The molecule has 3 aromatic rings. The van der Waals surface area contributed by atoms with Gasteiger partial charge in [0.05, 0.1) is 16.1 Å². The highest BCUT2D eigenvalue weighted by Crippen LogP contribution is 2.22. The van der Waals surface area contributed by atoms with Crippen LogP contribution in [-0.2, 0) is 16.6 Å². The molecule has 0 saturated heterocycles. The van der Waals surface area contributed by atoms with Crippen LogP contribution in [0.4, 0.5) is 5.69 Å². The molecule has 0 spiro atoms. The fourth-order valence-corrected chi connectivity index (χ4v) is 4.00. The first-order valence-corrected chi connectivity index (χ1v) is 11.1. The van der Waals surface area contributed by atoms with Crippen LogP contribution in [0.1, 0.15) is 15.9 Å². The van der Waals surface area contributed by atoms with Gasteiger partial charge in [-0.3, -0.25) is 14.5 Å². The third-order valence-electron chi connectivity index (χ3n) is 3.96. The zero-order valence-electron chi connectivity index (χ0n) is 15.1. The van der Waals surface area contributed by atoms with Gasteiger partial charge in [0.1, 0.15) is 0 Å². The number of rotatable bonds is 7. The molecule has 28 heavy (non-hydrogen) atoms. The molecule has 1 heterocycles. The number of nitrogens with zero attached hydrogens (tertiary/aromatic N) is 1. The van der Waals surface area contributed by atoms with E-state index in [1.165, 1.54) is 11.8 Å². The fraction of sp³-hybridized carbons (Fsp3) is 0.100. The maximum absolute atomic E-state index is 12.7. The lowest BCUT2D eigenvalue weighted by Gasteiger charge is -2.13. The number of nitrogens with one attached hydrogen (secondary N) is 2. The predicted octanol–water partition coefficient (Wildman–Crippen LogP) is 3.53. The summed E-state index contributed by atoms with van der Waals surface area (Å²) in [6, 6.07) is 16.7.